The second kappa shape index (κ2) is 6.40. The minimum absolute atomic E-state index is 0.102. The van der Waals surface area contributed by atoms with Crippen LogP contribution in [0.5, 0.6) is 0 Å². The van der Waals surface area contributed by atoms with Crippen LogP contribution in [0.3, 0.4) is 0 Å². The maximum absolute atomic E-state index is 12.4. The molecule has 1 aliphatic heterocycles. The summed E-state index contributed by atoms with van der Waals surface area (Å²) in [6, 6.07) is 6.47. The predicted octanol–water partition coefficient (Wildman–Crippen LogP) is 3.13. The van der Waals surface area contributed by atoms with Crippen molar-refractivity contribution in [3.05, 3.63) is 34.9 Å². The van der Waals surface area contributed by atoms with Gasteiger partial charge in [0.05, 0.1) is 0 Å². The minimum Gasteiger partial charge on any atom is -0.349 e. The summed E-state index contributed by atoms with van der Waals surface area (Å²) < 4.78 is 0. The van der Waals surface area contributed by atoms with Crippen molar-refractivity contribution in [1.29, 1.82) is 0 Å². The highest BCUT2D eigenvalue weighted by atomic mass is 16.1. The van der Waals surface area contributed by atoms with E-state index < -0.39 is 0 Å². The van der Waals surface area contributed by atoms with Gasteiger partial charge in [0.1, 0.15) is 0 Å². The Morgan fingerprint density at radius 3 is 2.50 bits per heavy atom. The van der Waals surface area contributed by atoms with E-state index in [9.17, 15) is 4.79 Å². The molecule has 0 radical (unpaired) electrons. The third kappa shape index (κ3) is 3.21. The molecular weight excluding hydrogens is 248 g/mol. The van der Waals surface area contributed by atoms with Crippen LogP contribution in [0.25, 0.3) is 0 Å². The van der Waals surface area contributed by atoms with Gasteiger partial charge in [-0.15, -0.1) is 0 Å². The monoisotopic (exact) mass is 272 g/mol. The number of hydrogen-bond donors (Lipinski definition) is 2. The maximum Gasteiger partial charge on any atom is 0.251 e. The number of hydrogen-bond acceptors (Lipinski definition) is 2. The molecule has 0 saturated heterocycles. The highest BCUT2D eigenvalue weighted by Crippen LogP contribution is 2.19. The van der Waals surface area contributed by atoms with E-state index in [2.05, 4.69) is 16.7 Å². The number of benzene rings is 1. The molecule has 108 valence electrons. The summed E-state index contributed by atoms with van der Waals surface area (Å²) in [5.41, 5.74) is 3.41. The van der Waals surface area contributed by atoms with Gasteiger partial charge in [-0.3, -0.25) is 4.79 Å². The zero-order valence-corrected chi connectivity index (χ0v) is 12.1. The molecule has 3 heteroatoms. The smallest absolute Gasteiger partial charge is 0.251 e. The lowest BCUT2D eigenvalue weighted by molar-refractivity contribution is 0.0930. The molecule has 0 spiro atoms. The van der Waals surface area contributed by atoms with E-state index in [1.54, 1.807) is 0 Å². The molecule has 1 fully saturated rings. The van der Waals surface area contributed by atoms with Gasteiger partial charge in [0.25, 0.3) is 5.91 Å². The lowest BCUT2D eigenvalue weighted by Crippen LogP contribution is -2.35. The quantitative estimate of drug-likeness (QED) is 0.868. The highest BCUT2D eigenvalue weighted by molar-refractivity contribution is 5.94. The second-order valence-electron chi connectivity index (χ2n) is 6.10. The zero-order valence-electron chi connectivity index (χ0n) is 12.1. The zero-order chi connectivity index (χ0) is 13.8. The van der Waals surface area contributed by atoms with Crippen molar-refractivity contribution in [3.8, 4) is 0 Å². The molecule has 3 nitrogen and oxygen atoms in total. The van der Waals surface area contributed by atoms with E-state index in [1.165, 1.54) is 43.2 Å². The van der Waals surface area contributed by atoms with Crippen molar-refractivity contribution in [1.82, 2.24) is 10.6 Å². The van der Waals surface area contributed by atoms with Crippen molar-refractivity contribution in [2.75, 3.05) is 0 Å². The van der Waals surface area contributed by atoms with Gasteiger partial charge >= 0.3 is 0 Å². The molecule has 0 aromatic heterocycles. The lowest BCUT2D eigenvalue weighted by Gasteiger charge is -2.21. The molecule has 20 heavy (non-hydrogen) atoms. The van der Waals surface area contributed by atoms with E-state index in [1.807, 2.05) is 12.1 Å². The number of rotatable bonds is 2. The van der Waals surface area contributed by atoms with Crippen LogP contribution in [0, 0.1) is 0 Å². The molecule has 0 unspecified atom stereocenters. The van der Waals surface area contributed by atoms with Crippen molar-refractivity contribution in [3.63, 3.8) is 0 Å². The van der Waals surface area contributed by atoms with Gasteiger partial charge in [-0.25, -0.2) is 0 Å². The Balaban J connectivity index is 1.63. The van der Waals surface area contributed by atoms with Crippen LogP contribution in [0.4, 0.5) is 0 Å². The number of amides is 1. The predicted molar refractivity (Wildman–Crippen MR) is 80.6 cm³/mol. The van der Waals surface area contributed by atoms with Crippen LogP contribution in [0.1, 0.15) is 66.4 Å². The van der Waals surface area contributed by atoms with E-state index in [-0.39, 0.29) is 5.91 Å². The van der Waals surface area contributed by atoms with Gasteiger partial charge < -0.3 is 10.6 Å². The Hall–Kier alpha value is -1.35. The molecule has 1 aromatic carbocycles. The Labute approximate surface area is 121 Å². The summed E-state index contributed by atoms with van der Waals surface area (Å²) in [6.45, 7) is 1.82. The summed E-state index contributed by atoms with van der Waals surface area (Å²) in [5, 5.41) is 6.55. The van der Waals surface area contributed by atoms with Gasteiger partial charge in [-0.1, -0.05) is 38.2 Å². The van der Waals surface area contributed by atoms with Crippen molar-refractivity contribution < 1.29 is 4.79 Å². The first-order valence-electron chi connectivity index (χ1n) is 7.96. The van der Waals surface area contributed by atoms with E-state index in [0.717, 1.165) is 31.5 Å². The van der Waals surface area contributed by atoms with Crippen LogP contribution in [0.15, 0.2) is 18.2 Å². The molecule has 1 aromatic rings. The average Bonchev–Trinajstić information content (AvgIpc) is 2.88. The van der Waals surface area contributed by atoms with Gasteiger partial charge in [-0.2, -0.15) is 0 Å². The summed E-state index contributed by atoms with van der Waals surface area (Å²) in [4.78, 5) is 12.4. The first kappa shape index (κ1) is 13.6. The van der Waals surface area contributed by atoms with Gasteiger partial charge in [0.15, 0.2) is 0 Å². The van der Waals surface area contributed by atoms with Crippen molar-refractivity contribution in [2.45, 2.75) is 64.1 Å². The van der Waals surface area contributed by atoms with Crippen LogP contribution >= 0.6 is 0 Å². The fourth-order valence-electron chi connectivity index (χ4n) is 3.31. The highest BCUT2D eigenvalue weighted by Gasteiger charge is 2.17. The van der Waals surface area contributed by atoms with E-state index in [0.29, 0.717) is 6.04 Å². The first-order valence-corrected chi connectivity index (χ1v) is 7.96. The SMILES string of the molecule is O=C(NC1CCCCCCC1)c1ccc2c(c1)CNC2. The normalized spacial score (nSPS) is 20.0. The van der Waals surface area contributed by atoms with Crippen LogP contribution in [-0.2, 0) is 13.1 Å². The molecule has 0 bridgehead atoms. The molecule has 1 amide bonds. The minimum atomic E-state index is 0.102. The standard InChI is InChI=1S/C17H24N2O/c20-17(19-16-6-4-2-1-3-5-7-16)13-8-9-14-11-18-12-15(14)10-13/h8-10,16,18H,1-7,11-12H2,(H,19,20). The Morgan fingerprint density at radius 1 is 1.00 bits per heavy atom. The number of carbonyl (C=O) groups is 1. The Bertz CT molecular complexity index is 476. The van der Waals surface area contributed by atoms with Crippen LogP contribution < -0.4 is 10.6 Å². The molecular formula is C17H24N2O. The fraction of sp³-hybridized carbons (Fsp3) is 0.588. The topological polar surface area (TPSA) is 41.1 Å². The van der Waals surface area contributed by atoms with Crippen LogP contribution in [0.2, 0.25) is 0 Å². The first-order chi connectivity index (χ1) is 9.83. The molecule has 3 rings (SSSR count). The van der Waals surface area contributed by atoms with Gasteiger partial charge in [-0.05, 0) is 36.1 Å². The molecule has 1 saturated carbocycles. The lowest BCUT2D eigenvalue weighted by atomic mass is 9.96. The summed E-state index contributed by atoms with van der Waals surface area (Å²) >= 11 is 0. The van der Waals surface area contributed by atoms with Crippen LogP contribution in [-0.4, -0.2) is 11.9 Å². The van der Waals surface area contributed by atoms with Crippen molar-refractivity contribution >= 4 is 5.91 Å². The summed E-state index contributed by atoms with van der Waals surface area (Å²) in [7, 11) is 0. The van der Waals surface area contributed by atoms with Gasteiger partial charge in [0, 0.05) is 24.7 Å². The summed E-state index contributed by atoms with van der Waals surface area (Å²) in [6.07, 6.45) is 8.76. The number of nitrogens with one attached hydrogen (secondary N) is 2. The fourth-order valence-corrected chi connectivity index (χ4v) is 3.31. The Kier molecular flexibility index (Phi) is 4.36. The average molecular weight is 272 g/mol. The van der Waals surface area contributed by atoms with Crippen molar-refractivity contribution in [2.24, 2.45) is 0 Å². The van der Waals surface area contributed by atoms with E-state index in [4.69, 9.17) is 0 Å². The molecule has 1 aliphatic carbocycles. The Morgan fingerprint density at radius 2 is 1.70 bits per heavy atom. The summed E-state index contributed by atoms with van der Waals surface area (Å²) in [5.74, 6) is 0.102. The largest absolute Gasteiger partial charge is 0.349 e. The third-order valence-corrected chi connectivity index (χ3v) is 4.54. The molecule has 1 heterocycles. The molecule has 0 atom stereocenters. The van der Waals surface area contributed by atoms with Gasteiger partial charge in [0.2, 0.25) is 0 Å². The second-order valence-corrected chi connectivity index (χ2v) is 6.10. The third-order valence-electron chi connectivity index (χ3n) is 4.54. The number of fused-ring (bicyclic) bond motifs is 1. The van der Waals surface area contributed by atoms with E-state index >= 15 is 0 Å². The maximum atomic E-state index is 12.4. The molecule has 2 aliphatic rings. The molecule has 2 N–H and O–H groups in total. The number of carbonyl (C=O) groups excluding carboxylic acids is 1.